The first-order valence-corrected chi connectivity index (χ1v) is 5.29. The van der Waals surface area contributed by atoms with Crippen LogP contribution >= 0.6 is 0 Å². The first-order valence-electron chi connectivity index (χ1n) is 5.29. The van der Waals surface area contributed by atoms with Gasteiger partial charge in [0, 0.05) is 12.6 Å². The molecule has 0 radical (unpaired) electrons. The lowest BCUT2D eigenvalue weighted by Gasteiger charge is -2.27. The van der Waals surface area contributed by atoms with Crippen molar-refractivity contribution in [1.29, 1.82) is 0 Å². The third-order valence-corrected chi connectivity index (χ3v) is 2.49. The van der Waals surface area contributed by atoms with E-state index in [1.165, 1.54) is 13.0 Å². The molecule has 3 nitrogen and oxygen atoms in total. The average Bonchev–Trinajstić information content (AvgIpc) is 2.13. The van der Waals surface area contributed by atoms with Crippen molar-refractivity contribution in [3.8, 4) is 0 Å². The molecule has 1 rings (SSSR count). The fraction of sp³-hybridized carbons (Fsp3) is 0.417. The third kappa shape index (κ3) is 3.38. The second-order valence-corrected chi connectivity index (χ2v) is 4.65. The smallest absolute Gasteiger partial charge is 0.399 e. The minimum atomic E-state index is -4.46. The van der Waals surface area contributed by atoms with Gasteiger partial charge in [0.25, 0.3) is 0 Å². The van der Waals surface area contributed by atoms with E-state index < -0.39 is 17.3 Å². The van der Waals surface area contributed by atoms with Gasteiger partial charge in [-0.05, 0) is 37.6 Å². The lowest BCUT2D eigenvalue weighted by Crippen LogP contribution is -2.39. The maximum Gasteiger partial charge on any atom is 0.416 e. The van der Waals surface area contributed by atoms with Crippen LogP contribution in [0.25, 0.3) is 0 Å². The van der Waals surface area contributed by atoms with Crippen molar-refractivity contribution in [2.75, 3.05) is 5.73 Å². The SMILES string of the molecule is CC(=O)NC(C)(C)c1cc(N)cc(C(F)(F)F)c1. The first-order chi connectivity index (χ1) is 8.02. The molecule has 3 N–H and O–H groups in total. The molecule has 1 amide bonds. The Morgan fingerprint density at radius 3 is 2.11 bits per heavy atom. The number of hydrogen-bond donors (Lipinski definition) is 2. The minimum Gasteiger partial charge on any atom is -0.399 e. The summed E-state index contributed by atoms with van der Waals surface area (Å²) in [4.78, 5) is 11.0. The number of nitrogen functional groups attached to an aromatic ring is 1. The Labute approximate surface area is 103 Å². The van der Waals surface area contributed by atoms with Crippen LogP contribution in [0.15, 0.2) is 18.2 Å². The minimum absolute atomic E-state index is 0.0123. The first kappa shape index (κ1) is 14.3. The maximum atomic E-state index is 12.7. The van der Waals surface area contributed by atoms with Gasteiger partial charge in [-0.15, -0.1) is 0 Å². The summed E-state index contributed by atoms with van der Waals surface area (Å²) in [5, 5.41) is 2.58. The van der Waals surface area contributed by atoms with Gasteiger partial charge in [-0.1, -0.05) is 0 Å². The van der Waals surface area contributed by atoms with Crippen molar-refractivity contribution in [1.82, 2.24) is 5.32 Å². The number of hydrogen-bond acceptors (Lipinski definition) is 2. The molecular weight excluding hydrogens is 245 g/mol. The maximum absolute atomic E-state index is 12.7. The van der Waals surface area contributed by atoms with Crippen molar-refractivity contribution >= 4 is 11.6 Å². The van der Waals surface area contributed by atoms with Crippen molar-refractivity contribution in [2.24, 2.45) is 0 Å². The predicted molar refractivity (Wildman–Crippen MR) is 62.7 cm³/mol. The van der Waals surface area contributed by atoms with Crippen LogP contribution in [0.4, 0.5) is 18.9 Å². The molecule has 18 heavy (non-hydrogen) atoms. The van der Waals surface area contributed by atoms with Crippen molar-refractivity contribution in [3.63, 3.8) is 0 Å². The monoisotopic (exact) mass is 260 g/mol. The molecule has 0 fully saturated rings. The Morgan fingerprint density at radius 2 is 1.67 bits per heavy atom. The quantitative estimate of drug-likeness (QED) is 0.803. The molecule has 0 bridgehead atoms. The van der Waals surface area contributed by atoms with Gasteiger partial charge in [-0.2, -0.15) is 13.2 Å². The highest BCUT2D eigenvalue weighted by atomic mass is 19.4. The third-order valence-electron chi connectivity index (χ3n) is 2.49. The van der Waals surface area contributed by atoms with Gasteiger partial charge in [0.1, 0.15) is 0 Å². The summed E-state index contributed by atoms with van der Waals surface area (Å²) in [6, 6.07) is 3.28. The van der Waals surface area contributed by atoms with Gasteiger partial charge in [-0.3, -0.25) is 4.79 Å². The lowest BCUT2D eigenvalue weighted by atomic mass is 9.92. The number of nitrogens with two attached hydrogens (primary N) is 1. The van der Waals surface area contributed by atoms with E-state index in [0.717, 1.165) is 12.1 Å². The van der Waals surface area contributed by atoms with Gasteiger partial charge in [-0.25, -0.2) is 0 Å². The summed E-state index contributed by atoms with van der Waals surface area (Å²) in [5.74, 6) is -0.323. The Hall–Kier alpha value is -1.72. The number of nitrogens with one attached hydrogen (secondary N) is 1. The van der Waals surface area contributed by atoms with E-state index in [0.29, 0.717) is 5.56 Å². The van der Waals surface area contributed by atoms with E-state index in [4.69, 9.17) is 5.73 Å². The predicted octanol–water partition coefficient (Wildman–Crippen LogP) is 2.66. The molecule has 0 aromatic heterocycles. The fourth-order valence-corrected chi connectivity index (χ4v) is 1.69. The lowest BCUT2D eigenvalue weighted by molar-refractivity contribution is -0.137. The summed E-state index contributed by atoms with van der Waals surface area (Å²) >= 11 is 0. The average molecular weight is 260 g/mol. The zero-order valence-corrected chi connectivity index (χ0v) is 10.4. The summed E-state index contributed by atoms with van der Waals surface area (Å²) in [5.41, 5.74) is 4.05. The number of amides is 1. The Kier molecular flexibility index (Phi) is 3.59. The van der Waals surface area contributed by atoms with Gasteiger partial charge in [0.15, 0.2) is 0 Å². The highest BCUT2D eigenvalue weighted by Crippen LogP contribution is 2.33. The van der Waals surface area contributed by atoms with Crippen LogP contribution in [0, 0.1) is 0 Å². The molecule has 0 heterocycles. The fourth-order valence-electron chi connectivity index (χ4n) is 1.69. The topological polar surface area (TPSA) is 55.1 Å². The van der Waals surface area contributed by atoms with Crippen LogP contribution in [0.5, 0.6) is 0 Å². The number of rotatable bonds is 2. The summed E-state index contributed by atoms with van der Waals surface area (Å²) in [6.45, 7) is 4.53. The number of alkyl halides is 3. The highest BCUT2D eigenvalue weighted by molar-refractivity contribution is 5.74. The number of benzene rings is 1. The van der Waals surface area contributed by atoms with E-state index in [1.54, 1.807) is 13.8 Å². The molecule has 0 aliphatic heterocycles. The van der Waals surface area contributed by atoms with E-state index in [-0.39, 0.29) is 11.6 Å². The van der Waals surface area contributed by atoms with Crippen LogP contribution < -0.4 is 11.1 Å². The summed E-state index contributed by atoms with van der Waals surface area (Å²) in [7, 11) is 0. The molecule has 0 atom stereocenters. The van der Waals surface area contributed by atoms with Crippen LogP contribution in [0.2, 0.25) is 0 Å². The van der Waals surface area contributed by atoms with Gasteiger partial charge >= 0.3 is 6.18 Å². The number of carbonyl (C=O) groups excluding carboxylic acids is 1. The van der Waals surface area contributed by atoms with Gasteiger partial charge < -0.3 is 11.1 Å². The number of anilines is 1. The normalized spacial score (nSPS) is 12.3. The van der Waals surface area contributed by atoms with Crippen LogP contribution in [0.3, 0.4) is 0 Å². The molecule has 0 aliphatic carbocycles. The Bertz CT molecular complexity index is 467. The van der Waals surface area contributed by atoms with Gasteiger partial charge in [0.05, 0.1) is 11.1 Å². The van der Waals surface area contributed by atoms with Crippen molar-refractivity contribution in [3.05, 3.63) is 29.3 Å². The highest BCUT2D eigenvalue weighted by Gasteiger charge is 2.33. The standard InChI is InChI=1S/C12H15F3N2O/c1-7(18)17-11(2,3)8-4-9(12(13,14)15)6-10(16)5-8/h4-6H,16H2,1-3H3,(H,17,18). The molecule has 0 saturated heterocycles. The molecule has 0 aliphatic rings. The van der Waals surface area contributed by atoms with E-state index >= 15 is 0 Å². The second-order valence-electron chi connectivity index (χ2n) is 4.65. The zero-order valence-electron chi connectivity index (χ0n) is 10.4. The second kappa shape index (κ2) is 4.51. The Morgan fingerprint density at radius 1 is 1.17 bits per heavy atom. The van der Waals surface area contributed by atoms with E-state index in [2.05, 4.69) is 5.32 Å². The van der Waals surface area contributed by atoms with Gasteiger partial charge in [0.2, 0.25) is 5.91 Å². The van der Waals surface area contributed by atoms with Crippen LogP contribution in [-0.4, -0.2) is 5.91 Å². The van der Waals surface area contributed by atoms with Crippen molar-refractivity contribution < 1.29 is 18.0 Å². The number of carbonyl (C=O) groups is 1. The molecule has 0 unspecified atom stereocenters. The largest absolute Gasteiger partial charge is 0.416 e. The molecule has 0 saturated carbocycles. The van der Waals surface area contributed by atoms with E-state index in [1.807, 2.05) is 0 Å². The zero-order chi connectivity index (χ0) is 14.1. The molecule has 0 spiro atoms. The summed E-state index contributed by atoms with van der Waals surface area (Å²) in [6.07, 6.45) is -4.46. The molecule has 100 valence electrons. The molecule has 6 heteroatoms. The Balaban J connectivity index is 3.25. The number of halogens is 3. The molecular formula is C12H15F3N2O. The van der Waals surface area contributed by atoms with E-state index in [9.17, 15) is 18.0 Å². The van der Waals surface area contributed by atoms with Crippen LogP contribution in [-0.2, 0) is 16.5 Å². The molecule has 1 aromatic carbocycles. The van der Waals surface area contributed by atoms with Crippen LogP contribution in [0.1, 0.15) is 31.9 Å². The van der Waals surface area contributed by atoms with Crippen molar-refractivity contribution in [2.45, 2.75) is 32.5 Å². The molecule has 1 aromatic rings. The summed E-state index contributed by atoms with van der Waals surface area (Å²) < 4.78 is 38.0.